The first-order valence-corrected chi connectivity index (χ1v) is 16.0. The van der Waals surface area contributed by atoms with Crippen molar-refractivity contribution < 1.29 is 18.8 Å². The molecule has 1 aliphatic heterocycles. The van der Waals surface area contributed by atoms with Crippen molar-refractivity contribution in [1.29, 1.82) is 0 Å². The summed E-state index contributed by atoms with van der Waals surface area (Å²) >= 11 is 0. The molecule has 4 aliphatic rings. The molecule has 0 spiro atoms. The van der Waals surface area contributed by atoms with E-state index in [0.29, 0.717) is 36.7 Å². The smallest absolute Gasteiger partial charge is 0.270 e. The Kier molecular flexibility index (Phi) is 7.85. The van der Waals surface area contributed by atoms with Crippen LogP contribution in [0.4, 0.5) is 10.1 Å². The highest BCUT2D eigenvalue weighted by molar-refractivity contribution is 6.01. The van der Waals surface area contributed by atoms with Crippen molar-refractivity contribution in [2.24, 2.45) is 29.7 Å². The van der Waals surface area contributed by atoms with Crippen LogP contribution in [0, 0.1) is 28.5 Å². The molecule has 3 atom stereocenters. The van der Waals surface area contributed by atoms with Crippen molar-refractivity contribution in [1.82, 2.24) is 25.7 Å². The van der Waals surface area contributed by atoms with Crippen molar-refractivity contribution in [2.75, 3.05) is 18.4 Å². The van der Waals surface area contributed by atoms with Crippen molar-refractivity contribution in [3.63, 3.8) is 0 Å². The molecule has 1 aromatic carbocycles. The summed E-state index contributed by atoms with van der Waals surface area (Å²) in [6, 6.07) is 5.45. The minimum Gasteiger partial charge on any atom is -0.354 e. The van der Waals surface area contributed by atoms with E-state index in [1.165, 1.54) is 17.2 Å². The molecular formula is C33H45FN6O3. The molecule has 4 fully saturated rings. The number of carbonyl (C=O) groups excluding carboxylic acids is 3. The molecule has 0 bridgehead atoms. The molecule has 43 heavy (non-hydrogen) atoms. The first-order valence-electron chi connectivity index (χ1n) is 16.0. The molecule has 9 nitrogen and oxygen atoms in total. The van der Waals surface area contributed by atoms with E-state index < -0.39 is 23.3 Å². The number of anilines is 1. The minimum absolute atomic E-state index is 0.0392. The molecule has 2 unspecified atom stereocenters. The fourth-order valence-corrected chi connectivity index (χ4v) is 7.51. The summed E-state index contributed by atoms with van der Waals surface area (Å²) in [5.41, 5.74) is 0.0408. The zero-order valence-corrected chi connectivity index (χ0v) is 25.6. The number of nitrogens with zero attached hydrogens (tertiary/aromatic N) is 2. The Morgan fingerprint density at radius 1 is 1.07 bits per heavy atom. The summed E-state index contributed by atoms with van der Waals surface area (Å²) in [6.45, 7) is 5.66. The highest BCUT2D eigenvalue weighted by atomic mass is 19.1. The Hall–Kier alpha value is -3.27. The summed E-state index contributed by atoms with van der Waals surface area (Å²) in [4.78, 5) is 40.8. The molecule has 0 radical (unpaired) electrons. The van der Waals surface area contributed by atoms with E-state index >= 15 is 4.39 Å². The molecule has 3 aliphatic carbocycles. The third-order valence-electron chi connectivity index (χ3n) is 11.0. The normalized spacial score (nSPS) is 25.1. The second-order valence-electron chi connectivity index (χ2n) is 14.1. The third kappa shape index (κ3) is 5.70. The van der Waals surface area contributed by atoms with Gasteiger partial charge in [-0.2, -0.15) is 5.10 Å². The van der Waals surface area contributed by atoms with Crippen molar-refractivity contribution in [3.05, 3.63) is 47.5 Å². The molecule has 1 saturated heterocycles. The number of hydrogen-bond donors (Lipinski definition) is 4. The van der Waals surface area contributed by atoms with Gasteiger partial charge in [0.1, 0.15) is 23.1 Å². The number of rotatable bonds is 11. The van der Waals surface area contributed by atoms with Gasteiger partial charge in [0.15, 0.2) is 0 Å². The van der Waals surface area contributed by atoms with Gasteiger partial charge in [0, 0.05) is 19.8 Å². The number of aromatic nitrogens is 2. The highest BCUT2D eigenvalue weighted by Crippen LogP contribution is 2.58. The summed E-state index contributed by atoms with van der Waals surface area (Å²) in [5, 5.41) is 16.4. The predicted molar refractivity (Wildman–Crippen MR) is 162 cm³/mol. The van der Waals surface area contributed by atoms with Gasteiger partial charge in [-0.3, -0.25) is 24.4 Å². The molecule has 2 aromatic rings. The number of amides is 3. The van der Waals surface area contributed by atoms with Crippen LogP contribution in [0.5, 0.6) is 0 Å². The van der Waals surface area contributed by atoms with Crippen molar-refractivity contribution >= 4 is 23.4 Å². The number of nitrogens with one attached hydrogen (secondary N) is 4. The van der Waals surface area contributed by atoms with E-state index in [1.807, 2.05) is 0 Å². The lowest BCUT2D eigenvalue weighted by molar-refractivity contribution is -0.128. The summed E-state index contributed by atoms with van der Waals surface area (Å²) in [7, 11) is 1.69. The number of carbonyl (C=O) groups is 3. The summed E-state index contributed by atoms with van der Waals surface area (Å²) in [5.74, 6) is -1.25. The van der Waals surface area contributed by atoms with Gasteiger partial charge in [0.2, 0.25) is 11.8 Å². The molecule has 1 aromatic heterocycles. The van der Waals surface area contributed by atoms with Gasteiger partial charge in [-0.1, -0.05) is 45.6 Å². The van der Waals surface area contributed by atoms with Crippen molar-refractivity contribution in [2.45, 2.75) is 89.6 Å². The third-order valence-corrected chi connectivity index (χ3v) is 11.0. The van der Waals surface area contributed by atoms with Gasteiger partial charge in [0.05, 0.1) is 5.69 Å². The monoisotopic (exact) mass is 592 g/mol. The van der Waals surface area contributed by atoms with E-state index in [9.17, 15) is 14.4 Å². The second kappa shape index (κ2) is 11.3. The van der Waals surface area contributed by atoms with Crippen LogP contribution in [0.3, 0.4) is 0 Å². The Morgan fingerprint density at radius 3 is 2.37 bits per heavy atom. The number of halogens is 1. The lowest BCUT2D eigenvalue weighted by Gasteiger charge is -2.42. The van der Waals surface area contributed by atoms with Crippen LogP contribution < -0.4 is 21.3 Å². The maximum absolute atomic E-state index is 15.7. The Bertz CT molecular complexity index is 1390. The maximum atomic E-state index is 15.7. The van der Waals surface area contributed by atoms with E-state index in [0.717, 1.165) is 51.4 Å². The van der Waals surface area contributed by atoms with Gasteiger partial charge in [-0.05, 0) is 91.5 Å². The van der Waals surface area contributed by atoms with Crippen LogP contribution in [0.15, 0.2) is 30.5 Å². The van der Waals surface area contributed by atoms with Crippen LogP contribution in [0.2, 0.25) is 0 Å². The molecule has 6 rings (SSSR count). The number of benzene rings is 1. The Labute approximate surface area is 253 Å². The average molecular weight is 593 g/mol. The van der Waals surface area contributed by atoms with Crippen LogP contribution in [-0.2, 0) is 22.2 Å². The molecular weight excluding hydrogens is 547 g/mol. The predicted octanol–water partition coefficient (Wildman–Crippen LogP) is 4.40. The molecule has 4 N–H and O–H groups in total. The van der Waals surface area contributed by atoms with Gasteiger partial charge in [-0.25, -0.2) is 4.39 Å². The first-order chi connectivity index (χ1) is 20.5. The van der Waals surface area contributed by atoms with E-state index in [1.54, 1.807) is 31.4 Å². The minimum atomic E-state index is -1.00. The maximum Gasteiger partial charge on any atom is 0.270 e. The lowest BCUT2D eigenvalue weighted by Crippen LogP contribution is -2.54. The van der Waals surface area contributed by atoms with Gasteiger partial charge >= 0.3 is 0 Å². The zero-order valence-electron chi connectivity index (χ0n) is 25.6. The molecule has 3 amide bonds. The summed E-state index contributed by atoms with van der Waals surface area (Å²) in [6.07, 6.45) is 11.5. The van der Waals surface area contributed by atoms with Crippen molar-refractivity contribution in [3.8, 4) is 0 Å². The van der Waals surface area contributed by atoms with Gasteiger partial charge in [0.25, 0.3) is 5.91 Å². The Morgan fingerprint density at radius 2 is 1.84 bits per heavy atom. The standard InChI is InChI=1S/C33H45FN6O3/c1-31(12-5-13-31)20-35-30(43)33(14-6-17-36-33)22-9-10-24(23(34)19-22)38-29(42)27(39-28(41)25-11-18-37-40(25)3)26(21-7-4-8-21)32(2)15-16-32/h9-11,18-19,21,26-27,36H,4-8,12-17,20H2,1-3H3,(H,35,43)(H,38,42)(H,39,41)/t26?,27-,33?/m0/s1. The highest BCUT2D eigenvalue weighted by Gasteiger charge is 2.54. The molecule has 3 saturated carbocycles. The first kappa shape index (κ1) is 29.8. The fourth-order valence-electron chi connectivity index (χ4n) is 7.51. The Balaban J connectivity index is 1.22. The number of aryl methyl sites for hydroxylation is 1. The largest absolute Gasteiger partial charge is 0.354 e. The van der Waals surface area contributed by atoms with Gasteiger partial charge in [-0.15, -0.1) is 0 Å². The van der Waals surface area contributed by atoms with Crippen LogP contribution in [0.1, 0.15) is 94.1 Å². The van der Waals surface area contributed by atoms with E-state index in [2.05, 4.69) is 40.2 Å². The van der Waals surface area contributed by atoms with Gasteiger partial charge < -0.3 is 16.0 Å². The van der Waals surface area contributed by atoms with Crippen LogP contribution >= 0.6 is 0 Å². The SMILES string of the molecule is Cn1nccc1C(=O)N[C@H](C(=O)Nc1ccc(C2(C(=O)NCC3(C)CCC3)CCCN2)cc1F)C(C1CCC1)C1(C)CC1. The van der Waals surface area contributed by atoms with Crippen LogP contribution in [-0.4, -0.2) is 46.6 Å². The molecule has 10 heteroatoms. The topological polar surface area (TPSA) is 117 Å². The number of hydrogen-bond acceptors (Lipinski definition) is 5. The molecule has 232 valence electrons. The second-order valence-corrected chi connectivity index (χ2v) is 14.1. The molecule has 2 heterocycles. The summed E-state index contributed by atoms with van der Waals surface area (Å²) < 4.78 is 17.2. The lowest BCUT2D eigenvalue weighted by atomic mass is 9.66. The quantitative estimate of drug-likeness (QED) is 0.309. The zero-order chi connectivity index (χ0) is 30.4. The van der Waals surface area contributed by atoms with Crippen LogP contribution in [0.25, 0.3) is 0 Å². The fraction of sp³-hybridized carbons (Fsp3) is 0.636. The van der Waals surface area contributed by atoms with E-state index in [4.69, 9.17) is 0 Å². The average Bonchev–Trinajstić information content (AvgIpc) is 3.30. The van der Waals surface area contributed by atoms with E-state index in [-0.39, 0.29) is 34.2 Å².